The van der Waals surface area contributed by atoms with Crippen molar-refractivity contribution in [2.45, 2.75) is 62.2 Å². The zero-order chi connectivity index (χ0) is 25.3. The van der Waals surface area contributed by atoms with Crippen LogP contribution < -0.4 is 16.0 Å². The van der Waals surface area contributed by atoms with Crippen LogP contribution in [0.5, 0.6) is 0 Å². The van der Waals surface area contributed by atoms with E-state index in [1.807, 2.05) is 6.92 Å². The Hall–Kier alpha value is -2.33. The summed E-state index contributed by atoms with van der Waals surface area (Å²) in [6.45, 7) is 12.6. The van der Waals surface area contributed by atoms with Crippen LogP contribution in [0.25, 0.3) is 0 Å². The number of amides is 3. The van der Waals surface area contributed by atoms with Gasteiger partial charge in [-0.3, -0.25) is 9.69 Å². The van der Waals surface area contributed by atoms with Crippen molar-refractivity contribution in [2.75, 3.05) is 26.2 Å². The van der Waals surface area contributed by atoms with Crippen LogP contribution in [-0.4, -0.2) is 70.8 Å². The Morgan fingerprint density at radius 3 is 2.56 bits per heavy atom. The maximum atomic E-state index is 12.4. The molecule has 34 heavy (non-hydrogen) atoms. The van der Waals surface area contributed by atoms with Crippen molar-refractivity contribution in [1.29, 1.82) is 0 Å². The van der Waals surface area contributed by atoms with E-state index in [0.29, 0.717) is 31.0 Å². The molecule has 0 aliphatic carbocycles. The Balaban J connectivity index is 1.73. The minimum absolute atomic E-state index is 0.0231. The Labute approximate surface area is 210 Å². The second-order valence-corrected chi connectivity index (χ2v) is 11.1. The second-order valence-electron chi connectivity index (χ2n) is 8.90. The number of alkyl carbamates (subject to hydrolysis) is 1. The first-order valence-corrected chi connectivity index (χ1v) is 12.7. The van der Waals surface area contributed by atoms with Crippen LogP contribution in [0.4, 0.5) is 9.59 Å². The predicted octanol–water partition coefficient (Wildman–Crippen LogP) is 3.47. The largest absolute Gasteiger partial charge is 0.444 e. The standard InChI is InChI=1S/C23H35ClN4O5S/c1-6-16(8-7-15(2)25-11-12-26-21(30)33-23(3,4)5)28-14-17(32-22(28)31)13-27-20(29)18-9-10-19(24)34-18/h6-8,17-19,25H,2,9-14H2,1,3-5H3,(H,26,30)(H,27,29)/b8-7-,16-6+/t17-,18?,19-/m0/s1. The third-order valence-electron chi connectivity index (χ3n) is 4.85. The van der Waals surface area contributed by atoms with Gasteiger partial charge in [-0.05, 0) is 52.7 Å². The fraction of sp³-hybridized carbons (Fsp3) is 0.609. The van der Waals surface area contributed by atoms with Crippen LogP contribution >= 0.6 is 23.4 Å². The molecular formula is C23H35ClN4O5S. The Morgan fingerprint density at radius 1 is 1.24 bits per heavy atom. The molecule has 1 unspecified atom stereocenters. The van der Waals surface area contributed by atoms with E-state index in [4.69, 9.17) is 21.1 Å². The molecule has 0 aromatic carbocycles. The first-order chi connectivity index (χ1) is 16.0. The molecule has 2 aliphatic rings. The zero-order valence-corrected chi connectivity index (χ0v) is 21.8. The van der Waals surface area contributed by atoms with Gasteiger partial charge in [0, 0.05) is 24.5 Å². The number of carbonyl (C=O) groups excluding carboxylic acids is 3. The summed E-state index contributed by atoms with van der Waals surface area (Å²) in [6, 6.07) is 0. The minimum Gasteiger partial charge on any atom is -0.444 e. The first kappa shape index (κ1) is 27.9. The maximum Gasteiger partial charge on any atom is 0.414 e. The molecule has 2 aliphatic heterocycles. The maximum absolute atomic E-state index is 12.4. The van der Waals surface area contributed by atoms with E-state index in [2.05, 4.69) is 22.5 Å². The molecule has 0 spiro atoms. The van der Waals surface area contributed by atoms with Crippen molar-refractivity contribution in [3.8, 4) is 0 Å². The van der Waals surface area contributed by atoms with Crippen LogP contribution in [0, 0.1) is 0 Å². The van der Waals surface area contributed by atoms with Gasteiger partial charge in [-0.2, -0.15) is 0 Å². The molecule has 0 saturated carbocycles. The van der Waals surface area contributed by atoms with Gasteiger partial charge in [-0.1, -0.05) is 12.7 Å². The van der Waals surface area contributed by atoms with Gasteiger partial charge in [0.15, 0.2) is 0 Å². The molecule has 0 aromatic heterocycles. The third-order valence-corrected chi connectivity index (χ3v) is 6.68. The monoisotopic (exact) mass is 514 g/mol. The second kappa shape index (κ2) is 12.9. The van der Waals surface area contributed by atoms with Crippen LogP contribution in [0.15, 0.2) is 36.2 Å². The molecule has 0 radical (unpaired) electrons. The summed E-state index contributed by atoms with van der Waals surface area (Å²) in [5.74, 6) is -0.0719. The molecule has 3 amide bonds. The first-order valence-electron chi connectivity index (χ1n) is 11.3. The van der Waals surface area contributed by atoms with Gasteiger partial charge < -0.3 is 25.4 Å². The molecule has 3 N–H and O–H groups in total. The summed E-state index contributed by atoms with van der Waals surface area (Å²) >= 11 is 7.51. The van der Waals surface area contributed by atoms with E-state index in [9.17, 15) is 14.4 Å². The number of alkyl halides is 1. The molecule has 11 heteroatoms. The van der Waals surface area contributed by atoms with Gasteiger partial charge >= 0.3 is 12.2 Å². The molecule has 9 nitrogen and oxygen atoms in total. The lowest BCUT2D eigenvalue weighted by molar-refractivity contribution is -0.120. The topological polar surface area (TPSA) is 109 Å². The number of cyclic esters (lactones) is 1. The Morgan fingerprint density at radius 2 is 1.94 bits per heavy atom. The highest BCUT2D eigenvalue weighted by Gasteiger charge is 2.34. The smallest absolute Gasteiger partial charge is 0.414 e. The summed E-state index contributed by atoms with van der Waals surface area (Å²) < 4.78 is 10.6. The number of carbonyl (C=O) groups is 3. The van der Waals surface area contributed by atoms with E-state index in [1.54, 1.807) is 39.0 Å². The van der Waals surface area contributed by atoms with Crippen molar-refractivity contribution in [3.05, 3.63) is 36.2 Å². The Bertz CT molecular complexity index is 827. The van der Waals surface area contributed by atoms with Crippen molar-refractivity contribution < 1.29 is 23.9 Å². The summed E-state index contributed by atoms with van der Waals surface area (Å²) in [5.41, 5.74) is 0.732. The average molecular weight is 515 g/mol. The van der Waals surface area contributed by atoms with Gasteiger partial charge in [0.1, 0.15) is 11.7 Å². The number of thioether (sulfide) groups is 1. The van der Waals surface area contributed by atoms with Crippen LogP contribution in [0.2, 0.25) is 0 Å². The molecule has 3 atom stereocenters. The van der Waals surface area contributed by atoms with Gasteiger partial charge in [-0.15, -0.1) is 23.4 Å². The molecule has 190 valence electrons. The fourth-order valence-corrected chi connectivity index (χ4v) is 4.85. The number of rotatable bonds is 10. The summed E-state index contributed by atoms with van der Waals surface area (Å²) in [6.07, 6.45) is 5.49. The SMILES string of the molecule is C=C(/C=C\C(=C/C)N1C[C@H](CNC(=O)C2CC[C@@H](Cl)S2)OC1=O)NCCNC(=O)OC(C)(C)C. The molecule has 2 fully saturated rings. The number of hydrogen-bond acceptors (Lipinski definition) is 7. The fourth-order valence-electron chi connectivity index (χ4n) is 3.25. The number of allylic oxidation sites excluding steroid dienone is 3. The normalized spacial score (nSPS) is 23.1. The average Bonchev–Trinajstić information content (AvgIpc) is 3.34. The van der Waals surface area contributed by atoms with Crippen molar-refractivity contribution in [1.82, 2.24) is 20.9 Å². The highest BCUT2D eigenvalue weighted by atomic mass is 35.5. The lowest BCUT2D eigenvalue weighted by atomic mass is 10.2. The molecule has 0 bridgehead atoms. The summed E-state index contributed by atoms with van der Waals surface area (Å²) in [5, 5.41) is 8.45. The van der Waals surface area contributed by atoms with Crippen LogP contribution in [-0.2, 0) is 14.3 Å². The number of halogens is 1. The quantitative estimate of drug-likeness (QED) is 0.232. The van der Waals surface area contributed by atoms with E-state index in [0.717, 1.165) is 12.8 Å². The summed E-state index contributed by atoms with van der Waals surface area (Å²) in [7, 11) is 0. The van der Waals surface area contributed by atoms with Crippen LogP contribution in [0.3, 0.4) is 0 Å². The number of ether oxygens (including phenoxy) is 2. The van der Waals surface area contributed by atoms with E-state index < -0.39 is 23.9 Å². The van der Waals surface area contributed by atoms with Gasteiger partial charge in [0.2, 0.25) is 5.91 Å². The predicted molar refractivity (Wildman–Crippen MR) is 135 cm³/mol. The van der Waals surface area contributed by atoms with E-state index in [1.165, 1.54) is 16.7 Å². The minimum atomic E-state index is -0.545. The van der Waals surface area contributed by atoms with Crippen LogP contribution in [0.1, 0.15) is 40.5 Å². The van der Waals surface area contributed by atoms with E-state index >= 15 is 0 Å². The number of hydrogen-bond donors (Lipinski definition) is 3. The highest BCUT2D eigenvalue weighted by Crippen LogP contribution is 2.36. The number of nitrogens with zero attached hydrogens (tertiary/aromatic N) is 1. The lowest BCUT2D eigenvalue weighted by Crippen LogP contribution is -2.38. The summed E-state index contributed by atoms with van der Waals surface area (Å²) in [4.78, 5) is 37.8. The highest BCUT2D eigenvalue weighted by molar-refractivity contribution is 8.02. The number of nitrogens with one attached hydrogen (secondary N) is 3. The van der Waals surface area contributed by atoms with Crippen molar-refractivity contribution >= 4 is 41.5 Å². The van der Waals surface area contributed by atoms with Gasteiger partial charge in [0.25, 0.3) is 0 Å². The zero-order valence-electron chi connectivity index (χ0n) is 20.2. The lowest BCUT2D eigenvalue weighted by Gasteiger charge is -2.19. The molecular weight excluding hydrogens is 480 g/mol. The third kappa shape index (κ3) is 9.50. The van der Waals surface area contributed by atoms with Gasteiger partial charge in [-0.25, -0.2) is 9.59 Å². The van der Waals surface area contributed by atoms with Crippen molar-refractivity contribution in [3.63, 3.8) is 0 Å². The molecule has 2 heterocycles. The molecule has 0 aromatic rings. The van der Waals surface area contributed by atoms with Crippen molar-refractivity contribution in [2.24, 2.45) is 0 Å². The van der Waals surface area contributed by atoms with Gasteiger partial charge in [0.05, 0.1) is 23.0 Å². The van der Waals surface area contributed by atoms with E-state index in [-0.39, 0.29) is 22.4 Å². The Kier molecular flexibility index (Phi) is 10.6. The molecule has 2 rings (SSSR count). The molecule has 2 saturated heterocycles.